The van der Waals surface area contributed by atoms with Crippen LogP contribution >= 0.6 is 11.6 Å². The molecule has 4 rings (SSSR count). The molecular formula is C23H19ClF3N3O3. The standard InChI is InChI=1S/C23H19ClF3N3O3/c1-3-29-18-12-19(33-17-6-4-5-15(11-17)23(25,26)27)30(13-14-7-9-16(24)10-8-14)20(18)21(31)28(2)22(29)32/h4-12H,3,13H2,1-2H3. The fourth-order valence-corrected chi connectivity index (χ4v) is 3.77. The first-order valence-electron chi connectivity index (χ1n) is 10.0. The van der Waals surface area contributed by atoms with Crippen molar-refractivity contribution in [3.63, 3.8) is 0 Å². The monoisotopic (exact) mass is 477 g/mol. The van der Waals surface area contributed by atoms with Crippen LogP contribution in [0.4, 0.5) is 13.2 Å². The molecule has 2 heterocycles. The van der Waals surface area contributed by atoms with Crippen molar-refractivity contribution in [1.82, 2.24) is 13.7 Å². The van der Waals surface area contributed by atoms with Crippen molar-refractivity contribution in [1.29, 1.82) is 0 Å². The number of aryl methyl sites for hydroxylation is 1. The van der Waals surface area contributed by atoms with Gasteiger partial charge >= 0.3 is 11.9 Å². The van der Waals surface area contributed by atoms with Crippen molar-refractivity contribution in [2.24, 2.45) is 7.05 Å². The molecule has 0 amide bonds. The fraction of sp³-hybridized carbons (Fsp3) is 0.217. The molecule has 10 heteroatoms. The molecule has 172 valence electrons. The minimum absolute atomic E-state index is 0.0489. The van der Waals surface area contributed by atoms with Crippen LogP contribution < -0.4 is 16.0 Å². The summed E-state index contributed by atoms with van der Waals surface area (Å²) in [7, 11) is 1.38. The lowest BCUT2D eigenvalue weighted by molar-refractivity contribution is -0.137. The summed E-state index contributed by atoms with van der Waals surface area (Å²) in [4.78, 5) is 25.6. The summed E-state index contributed by atoms with van der Waals surface area (Å²) in [5.41, 5.74) is -0.571. The molecule has 4 aromatic rings. The maximum Gasteiger partial charge on any atom is 0.416 e. The molecule has 0 fully saturated rings. The maximum atomic E-state index is 13.2. The smallest absolute Gasteiger partial charge is 0.416 e. The number of rotatable bonds is 5. The Balaban J connectivity index is 1.93. The number of benzene rings is 2. The topological polar surface area (TPSA) is 58.2 Å². The number of nitrogens with zero attached hydrogens (tertiary/aromatic N) is 3. The van der Waals surface area contributed by atoms with Crippen molar-refractivity contribution in [3.05, 3.63) is 91.6 Å². The van der Waals surface area contributed by atoms with Gasteiger partial charge in [0, 0.05) is 24.7 Å². The first-order chi connectivity index (χ1) is 15.6. The molecular weight excluding hydrogens is 459 g/mol. The van der Waals surface area contributed by atoms with Crippen molar-refractivity contribution in [3.8, 4) is 11.6 Å². The summed E-state index contributed by atoms with van der Waals surface area (Å²) in [5.74, 6) is 0.0800. The molecule has 0 bridgehead atoms. The zero-order valence-electron chi connectivity index (χ0n) is 17.7. The summed E-state index contributed by atoms with van der Waals surface area (Å²) in [6.07, 6.45) is -4.53. The summed E-state index contributed by atoms with van der Waals surface area (Å²) < 4.78 is 49.3. The third kappa shape index (κ3) is 4.28. The molecule has 0 radical (unpaired) electrons. The Kier molecular flexibility index (Phi) is 5.84. The molecule has 6 nitrogen and oxygen atoms in total. The first kappa shape index (κ1) is 22.7. The predicted octanol–water partition coefficient (Wildman–Crippen LogP) is 5.03. The van der Waals surface area contributed by atoms with Crippen LogP contribution in [0, 0.1) is 0 Å². The van der Waals surface area contributed by atoms with Gasteiger partial charge in [-0.3, -0.25) is 13.9 Å². The molecule has 0 unspecified atom stereocenters. The number of ether oxygens (including phenoxy) is 1. The van der Waals surface area contributed by atoms with Crippen molar-refractivity contribution < 1.29 is 17.9 Å². The molecule has 0 saturated carbocycles. The normalized spacial score (nSPS) is 11.8. The average Bonchev–Trinajstić information content (AvgIpc) is 3.11. The quantitative estimate of drug-likeness (QED) is 0.405. The lowest BCUT2D eigenvalue weighted by Gasteiger charge is -2.13. The van der Waals surface area contributed by atoms with E-state index in [0.717, 1.165) is 22.3 Å². The van der Waals surface area contributed by atoms with E-state index >= 15 is 0 Å². The number of alkyl halides is 3. The van der Waals surface area contributed by atoms with Gasteiger partial charge in [0.05, 0.1) is 17.6 Å². The average molecular weight is 478 g/mol. The Morgan fingerprint density at radius 2 is 1.70 bits per heavy atom. The van der Waals surface area contributed by atoms with Gasteiger partial charge in [-0.15, -0.1) is 0 Å². The van der Waals surface area contributed by atoms with E-state index < -0.39 is 23.0 Å². The Hall–Kier alpha value is -3.46. The molecule has 0 N–H and O–H groups in total. The van der Waals surface area contributed by atoms with Crippen molar-refractivity contribution >= 4 is 22.6 Å². The van der Waals surface area contributed by atoms with Gasteiger partial charge in [0.1, 0.15) is 11.3 Å². The highest BCUT2D eigenvalue weighted by Gasteiger charge is 2.31. The lowest BCUT2D eigenvalue weighted by atomic mass is 10.2. The second kappa shape index (κ2) is 8.47. The largest absolute Gasteiger partial charge is 0.441 e. The third-order valence-electron chi connectivity index (χ3n) is 5.31. The van der Waals surface area contributed by atoms with E-state index in [2.05, 4.69) is 0 Å². The number of aromatic nitrogens is 3. The van der Waals surface area contributed by atoms with Gasteiger partial charge < -0.3 is 9.30 Å². The Morgan fingerprint density at radius 3 is 2.33 bits per heavy atom. The van der Waals surface area contributed by atoms with E-state index in [-0.39, 0.29) is 30.2 Å². The maximum absolute atomic E-state index is 13.2. The minimum Gasteiger partial charge on any atom is -0.441 e. The van der Waals surface area contributed by atoms with E-state index in [1.54, 1.807) is 35.8 Å². The fourth-order valence-electron chi connectivity index (χ4n) is 3.65. The van der Waals surface area contributed by atoms with Gasteiger partial charge in [-0.1, -0.05) is 29.8 Å². The SMILES string of the molecule is CCn1c(=O)n(C)c(=O)c2c1cc(Oc1cccc(C(F)(F)F)c1)n2Cc1ccc(Cl)cc1. The minimum atomic E-state index is -4.53. The summed E-state index contributed by atoms with van der Waals surface area (Å²) in [6, 6.07) is 12.9. The van der Waals surface area contributed by atoms with Crippen LogP contribution in [0.1, 0.15) is 18.1 Å². The number of hydrogen-bond acceptors (Lipinski definition) is 3. The summed E-state index contributed by atoms with van der Waals surface area (Å²) in [5, 5.41) is 0.535. The molecule has 0 aliphatic carbocycles. The van der Waals surface area contributed by atoms with Crippen LogP contribution in [0.3, 0.4) is 0 Å². The van der Waals surface area contributed by atoms with E-state index in [1.807, 2.05) is 0 Å². The zero-order valence-corrected chi connectivity index (χ0v) is 18.4. The second-order valence-electron chi connectivity index (χ2n) is 7.45. The molecule has 2 aromatic heterocycles. The molecule has 0 spiro atoms. The van der Waals surface area contributed by atoms with Crippen molar-refractivity contribution in [2.45, 2.75) is 26.2 Å². The first-order valence-corrected chi connectivity index (χ1v) is 10.4. The van der Waals surface area contributed by atoms with Gasteiger partial charge in [-0.2, -0.15) is 13.2 Å². The van der Waals surface area contributed by atoms with Gasteiger partial charge in [0.15, 0.2) is 0 Å². The molecule has 0 aliphatic rings. The number of hydrogen-bond donors (Lipinski definition) is 0. The third-order valence-corrected chi connectivity index (χ3v) is 5.56. The van der Waals surface area contributed by atoms with Crippen LogP contribution in [0.15, 0.2) is 64.2 Å². The van der Waals surface area contributed by atoms with Gasteiger partial charge in [-0.05, 0) is 42.8 Å². The summed E-state index contributed by atoms with van der Waals surface area (Å²) >= 11 is 5.97. The molecule has 33 heavy (non-hydrogen) atoms. The van der Waals surface area contributed by atoms with Crippen LogP contribution in [-0.4, -0.2) is 13.7 Å². The Morgan fingerprint density at radius 1 is 1.00 bits per heavy atom. The van der Waals surface area contributed by atoms with Gasteiger partial charge in [0.25, 0.3) is 5.56 Å². The lowest BCUT2D eigenvalue weighted by Crippen LogP contribution is -2.38. The highest BCUT2D eigenvalue weighted by Crippen LogP contribution is 2.34. The summed E-state index contributed by atoms with van der Waals surface area (Å²) in [6.45, 7) is 2.22. The Bertz CT molecular complexity index is 1450. The van der Waals surface area contributed by atoms with E-state index in [1.165, 1.54) is 29.8 Å². The predicted molar refractivity (Wildman–Crippen MR) is 119 cm³/mol. The van der Waals surface area contributed by atoms with E-state index in [4.69, 9.17) is 16.3 Å². The highest BCUT2D eigenvalue weighted by molar-refractivity contribution is 6.30. The van der Waals surface area contributed by atoms with Crippen LogP contribution in [0.2, 0.25) is 5.02 Å². The van der Waals surface area contributed by atoms with Gasteiger partial charge in [-0.25, -0.2) is 4.79 Å². The van der Waals surface area contributed by atoms with Crippen LogP contribution in [0.25, 0.3) is 11.0 Å². The molecule has 0 aliphatic heterocycles. The van der Waals surface area contributed by atoms with Gasteiger partial charge in [0.2, 0.25) is 5.88 Å². The molecule has 0 saturated heterocycles. The Labute approximate surface area is 191 Å². The van der Waals surface area contributed by atoms with Crippen LogP contribution in [0.5, 0.6) is 11.6 Å². The molecule has 2 aromatic carbocycles. The van der Waals surface area contributed by atoms with Crippen LogP contribution in [-0.2, 0) is 26.3 Å². The van der Waals surface area contributed by atoms with E-state index in [9.17, 15) is 22.8 Å². The second-order valence-corrected chi connectivity index (χ2v) is 7.88. The van der Waals surface area contributed by atoms with E-state index in [0.29, 0.717) is 10.5 Å². The highest BCUT2D eigenvalue weighted by atomic mass is 35.5. The number of halogens is 4. The number of fused-ring (bicyclic) bond motifs is 1. The zero-order chi connectivity index (χ0) is 23.9. The van der Waals surface area contributed by atoms with Crippen molar-refractivity contribution in [2.75, 3.05) is 0 Å². The molecule has 0 atom stereocenters.